The minimum atomic E-state index is -0.395. The van der Waals surface area contributed by atoms with Crippen LogP contribution in [0.15, 0.2) is 54.9 Å². The number of anilines is 3. The molecule has 1 aliphatic rings. The smallest absolute Gasteiger partial charge is 0.319 e. The van der Waals surface area contributed by atoms with Crippen molar-refractivity contribution >= 4 is 39.5 Å². The van der Waals surface area contributed by atoms with E-state index in [1.165, 1.54) is 19.4 Å². The van der Waals surface area contributed by atoms with Crippen molar-refractivity contribution in [2.75, 3.05) is 50.1 Å². The maximum absolute atomic E-state index is 11.4. The lowest BCUT2D eigenvalue weighted by Gasteiger charge is -2.35. The van der Waals surface area contributed by atoms with E-state index in [1.807, 2.05) is 24.3 Å². The number of carbonyl (C=O) groups excluding carboxylic acids is 1. The first-order valence-corrected chi connectivity index (χ1v) is 9.97. The molecule has 1 aromatic heterocycles. The number of hydrogen-bond acceptors (Lipinski definition) is 8. The fraction of sp³-hybridized carbons (Fsp3) is 0.273. The number of carbonyl (C=O) groups is 1. The summed E-state index contributed by atoms with van der Waals surface area (Å²) in [5.41, 5.74) is 2.82. The molecule has 9 heteroatoms. The molecule has 0 unspecified atom stereocenters. The van der Waals surface area contributed by atoms with E-state index in [0.717, 1.165) is 48.6 Å². The molecule has 3 aromatic rings. The molecule has 0 aliphatic carbocycles. The van der Waals surface area contributed by atoms with Gasteiger partial charge in [-0.1, -0.05) is 0 Å². The number of nitrogens with one attached hydrogen (secondary N) is 1. The van der Waals surface area contributed by atoms with Crippen LogP contribution in [0, 0.1) is 10.1 Å². The van der Waals surface area contributed by atoms with Crippen LogP contribution in [0.25, 0.3) is 10.8 Å². The van der Waals surface area contributed by atoms with Crippen molar-refractivity contribution in [1.82, 2.24) is 9.88 Å². The Labute approximate surface area is 179 Å². The first-order valence-electron chi connectivity index (χ1n) is 9.97. The first-order chi connectivity index (χ1) is 15.0. The highest BCUT2D eigenvalue weighted by Gasteiger charge is 2.19. The third kappa shape index (κ3) is 4.56. The molecule has 1 fully saturated rings. The average Bonchev–Trinajstić information content (AvgIpc) is 2.80. The lowest BCUT2D eigenvalue weighted by Crippen LogP contribution is -2.48. The van der Waals surface area contributed by atoms with Crippen molar-refractivity contribution in [2.24, 2.45) is 0 Å². The highest BCUT2D eigenvalue weighted by atomic mass is 16.6. The number of ether oxygens (including phenoxy) is 1. The standard InChI is InChI=1S/C22H23N5O4/c1-31-22(28)15-25-10-12-26(13-11-25)17-4-2-16(3-5-17)24-20-6-7-21(27(29)30)19-14-23-9-8-18(19)20/h2-9,14,24H,10-13,15H2,1H3. The predicted octanol–water partition coefficient (Wildman–Crippen LogP) is 3.18. The number of hydrogen-bond donors (Lipinski definition) is 1. The Bertz CT molecular complexity index is 1090. The molecule has 0 amide bonds. The SMILES string of the molecule is COC(=O)CN1CCN(c2ccc(Nc3ccc([N+](=O)[O-])c4cnccc34)cc2)CC1. The number of benzene rings is 2. The van der Waals surface area contributed by atoms with Crippen molar-refractivity contribution in [2.45, 2.75) is 0 Å². The number of non-ortho nitro benzene ring substituents is 1. The van der Waals surface area contributed by atoms with Crippen LogP contribution >= 0.6 is 0 Å². The van der Waals surface area contributed by atoms with E-state index in [-0.39, 0.29) is 11.7 Å². The van der Waals surface area contributed by atoms with E-state index in [4.69, 9.17) is 4.74 Å². The number of fused-ring (bicyclic) bond motifs is 1. The summed E-state index contributed by atoms with van der Waals surface area (Å²) in [5, 5.41) is 15.9. The number of nitro benzene ring substituents is 1. The molecule has 1 N–H and O–H groups in total. The van der Waals surface area contributed by atoms with Gasteiger partial charge in [-0.15, -0.1) is 0 Å². The fourth-order valence-electron chi connectivity index (χ4n) is 3.77. The number of piperazine rings is 1. The lowest BCUT2D eigenvalue weighted by molar-refractivity contribution is -0.383. The third-order valence-corrected chi connectivity index (χ3v) is 5.46. The van der Waals surface area contributed by atoms with E-state index in [9.17, 15) is 14.9 Å². The van der Waals surface area contributed by atoms with Gasteiger partial charge in [-0.05, 0) is 36.4 Å². The quantitative estimate of drug-likeness (QED) is 0.368. The van der Waals surface area contributed by atoms with Gasteiger partial charge in [-0.3, -0.25) is 24.8 Å². The molecular formula is C22H23N5O4. The van der Waals surface area contributed by atoms with Crippen molar-refractivity contribution in [3.05, 3.63) is 65.0 Å². The Balaban J connectivity index is 1.45. The van der Waals surface area contributed by atoms with E-state index in [0.29, 0.717) is 11.9 Å². The molecule has 0 bridgehead atoms. The molecular weight excluding hydrogens is 398 g/mol. The number of nitro groups is 1. The number of nitrogens with zero attached hydrogens (tertiary/aromatic N) is 4. The van der Waals surface area contributed by atoms with Crippen LogP contribution in [0.2, 0.25) is 0 Å². The van der Waals surface area contributed by atoms with Gasteiger partial charge in [0.1, 0.15) is 0 Å². The van der Waals surface area contributed by atoms with Gasteiger partial charge in [0.05, 0.1) is 24.0 Å². The lowest BCUT2D eigenvalue weighted by atomic mass is 10.1. The minimum absolute atomic E-state index is 0.0374. The highest BCUT2D eigenvalue weighted by Crippen LogP contribution is 2.32. The Morgan fingerprint density at radius 1 is 1.10 bits per heavy atom. The first kappa shape index (κ1) is 20.5. The van der Waals surface area contributed by atoms with Crippen LogP contribution in [0.4, 0.5) is 22.7 Å². The van der Waals surface area contributed by atoms with Gasteiger partial charge >= 0.3 is 5.97 Å². The summed E-state index contributed by atoms with van der Waals surface area (Å²) in [5.74, 6) is -0.210. The van der Waals surface area contributed by atoms with Crippen molar-refractivity contribution in [1.29, 1.82) is 0 Å². The summed E-state index contributed by atoms with van der Waals surface area (Å²) in [4.78, 5) is 30.7. The number of esters is 1. The summed E-state index contributed by atoms with van der Waals surface area (Å²) >= 11 is 0. The van der Waals surface area contributed by atoms with Crippen LogP contribution in [0.1, 0.15) is 0 Å². The van der Waals surface area contributed by atoms with Crippen LogP contribution < -0.4 is 10.2 Å². The zero-order valence-electron chi connectivity index (χ0n) is 17.2. The second kappa shape index (κ2) is 8.97. The topological polar surface area (TPSA) is 101 Å². The van der Waals surface area contributed by atoms with E-state index < -0.39 is 4.92 Å². The highest BCUT2D eigenvalue weighted by molar-refractivity contribution is 6.00. The summed E-state index contributed by atoms with van der Waals surface area (Å²) < 4.78 is 4.73. The maximum Gasteiger partial charge on any atom is 0.319 e. The molecule has 31 heavy (non-hydrogen) atoms. The van der Waals surface area contributed by atoms with E-state index in [2.05, 4.69) is 20.1 Å². The van der Waals surface area contributed by atoms with Crippen LogP contribution in [-0.4, -0.2) is 60.6 Å². The Morgan fingerprint density at radius 3 is 2.52 bits per heavy atom. The Hall–Kier alpha value is -3.72. The molecule has 0 spiro atoms. The van der Waals surface area contributed by atoms with Gasteiger partial charge in [-0.2, -0.15) is 0 Å². The van der Waals surface area contributed by atoms with E-state index in [1.54, 1.807) is 18.3 Å². The normalized spacial score (nSPS) is 14.4. The van der Waals surface area contributed by atoms with Crippen LogP contribution in [-0.2, 0) is 9.53 Å². The number of methoxy groups -OCH3 is 1. The van der Waals surface area contributed by atoms with Crippen LogP contribution in [0.5, 0.6) is 0 Å². The fourth-order valence-corrected chi connectivity index (χ4v) is 3.77. The molecule has 1 aliphatic heterocycles. The average molecular weight is 421 g/mol. The van der Waals surface area contributed by atoms with Gasteiger partial charge in [0.2, 0.25) is 0 Å². The monoisotopic (exact) mass is 421 g/mol. The molecule has 0 radical (unpaired) electrons. The number of aromatic nitrogens is 1. The third-order valence-electron chi connectivity index (χ3n) is 5.46. The molecule has 0 saturated carbocycles. The molecule has 4 rings (SSSR count). The van der Waals surface area contributed by atoms with E-state index >= 15 is 0 Å². The molecule has 1 saturated heterocycles. The second-order valence-electron chi connectivity index (χ2n) is 7.32. The summed E-state index contributed by atoms with van der Waals surface area (Å²) in [6.07, 6.45) is 3.14. The summed E-state index contributed by atoms with van der Waals surface area (Å²) in [6, 6.07) is 13.1. The molecule has 2 aromatic carbocycles. The number of rotatable bonds is 6. The largest absolute Gasteiger partial charge is 0.468 e. The zero-order chi connectivity index (χ0) is 21.8. The van der Waals surface area contributed by atoms with Gasteiger partial charge < -0.3 is 15.0 Å². The molecule has 160 valence electrons. The molecule has 2 heterocycles. The van der Waals surface area contributed by atoms with Gasteiger partial charge in [0.15, 0.2) is 0 Å². The van der Waals surface area contributed by atoms with Crippen molar-refractivity contribution in [3.8, 4) is 0 Å². The van der Waals surface area contributed by atoms with Gasteiger partial charge in [-0.25, -0.2) is 0 Å². The van der Waals surface area contributed by atoms with Gasteiger partial charge in [0.25, 0.3) is 5.69 Å². The molecule has 0 atom stereocenters. The number of pyridine rings is 1. The van der Waals surface area contributed by atoms with Crippen molar-refractivity contribution in [3.63, 3.8) is 0 Å². The predicted molar refractivity (Wildman–Crippen MR) is 119 cm³/mol. The maximum atomic E-state index is 11.4. The summed E-state index contributed by atoms with van der Waals surface area (Å²) in [7, 11) is 1.41. The second-order valence-corrected chi connectivity index (χ2v) is 7.32. The zero-order valence-corrected chi connectivity index (χ0v) is 17.2. The van der Waals surface area contributed by atoms with Gasteiger partial charge in [0, 0.05) is 67.1 Å². The Kier molecular flexibility index (Phi) is 5.94. The Morgan fingerprint density at radius 2 is 1.84 bits per heavy atom. The summed E-state index contributed by atoms with van der Waals surface area (Å²) in [6.45, 7) is 3.61. The van der Waals surface area contributed by atoms with Crippen molar-refractivity contribution < 1.29 is 14.5 Å². The van der Waals surface area contributed by atoms with Crippen LogP contribution in [0.3, 0.4) is 0 Å². The minimum Gasteiger partial charge on any atom is -0.468 e. The molecule has 9 nitrogen and oxygen atoms in total.